The summed E-state index contributed by atoms with van der Waals surface area (Å²) in [5, 5.41) is 6.81. The molecule has 1 rings (SSSR count). The van der Waals surface area contributed by atoms with Gasteiger partial charge >= 0.3 is 0 Å². The van der Waals surface area contributed by atoms with Gasteiger partial charge in [0.2, 0.25) is 0 Å². The standard InChI is InChI=1S/C12H26N2/c1-10-4-6-12(7-5-10)9-14-11(2)8-13-3/h10-14H,4-9H2,1-3H3. The predicted molar refractivity (Wildman–Crippen MR) is 62.5 cm³/mol. The lowest BCUT2D eigenvalue weighted by molar-refractivity contribution is 0.275. The molecule has 14 heavy (non-hydrogen) atoms. The summed E-state index contributed by atoms with van der Waals surface area (Å²) in [6, 6.07) is 0.611. The van der Waals surface area contributed by atoms with Crippen LogP contribution in [0, 0.1) is 11.8 Å². The fraction of sp³-hybridized carbons (Fsp3) is 1.00. The molecule has 84 valence electrons. The third-order valence-electron chi connectivity index (χ3n) is 3.40. The van der Waals surface area contributed by atoms with Crippen molar-refractivity contribution in [1.29, 1.82) is 0 Å². The van der Waals surface area contributed by atoms with Gasteiger partial charge in [0.1, 0.15) is 0 Å². The zero-order valence-electron chi connectivity index (χ0n) is 9.97. The van der Waals surface area contributed by atoms with Gasteiger partial charge in [-0.1, -0.05) is 19.8 Å². The van der Waals surface area contributed by atoms with Crippen molar-refractivity contribution in [3.05, 3.63) is 0 Å². The monoisotopic (exact) mass is 198 g/mol. The largest absolute Gasteiger partial charge is 0.318 e. The Morgan fingerprint density at radius 3 is 2.43 bits per heavy atom. The molecule has 0 amide bonds. The highest BCUT2D eigenvalue weighted by Crippen LogP contribution is 2.27. The van der Waals surface area contributed by atoms with Gasteiger partial charge in [-0.25, -0.2) is 0 Å². The molecule has 0 aliphatic heterocycles. The van der Waals surface area contributed by atoms with Crippen molar-refractivity contribution >= 4 is 0 Å². The fourth-order valence-electron chi connectivity index (χ4n) is 2.28. The number of hydrogen-bond acceptors (Lipinski definition) is 2. The second-order valence-electron chi connectivity index (χ2n) is 4.99. The summed E-state index contributed by atoms with van der Waals surface area (Å²) >= 11 is 0. The summed E-state index contributed by atoms with van der Waals surface area (Å²) in [4.78, 5) is 0. The van der Waals surface area contributed by atoms with Crippen LogP contribution in [0.2, 0.25) is 0 Å². The quantitative estimate of drug-likeness (QED) is 0.706. The van der Waals surface area contributed by atoms with Gasteiger partial charge < -0.3 is 10.6 Å². The molecule has 1 fully saturated rings. The van der Waals surface area contributed by atoms with E-state index < -0.39 is 0 Å². The lowest BCUT2D eigenvalue weighted by Gasteiger charge is -2.27. The Kier molecular flexibility index (Phi) is 5.49. The first-order valence-corrected chi connectivity index (χ1v) is 6.10. The topological polar surface area (TPSA) is 24.1 Å². The molecule has 0 aromatic heterocycles. The molecule has 1 aliphatic rings. The van der Waals surface area contributed by atoms with Gasteiger partial charge in [0.15, 0.2) is 0 Å². The molecule has 0 bridgehead atoms. The van der Waals surface area contributed by atoms with Gasteiger partial charge in [-0.05, 0) is 45.2 Å². The SMILES string of the molecule is CNCC(C)NCC1CCC(C)CC1. The van der Waals surface area contributed by atoms with Crippen molar-refractivity contribution in [1.82, 2.24) is 10.6 Å². The molecule has 0 saturated heterocycles. The molecule has 2 nitrogen and oxygen atoms in total. The first-order chi connectivity index (χ1) is 6.72. The Hall–Kier alpha value is -0.0800. The molecule has 2 heteroatoms. The van der Waals surface area contributed by atoms with E-state index in [0.29, 0.717) is 6.04 Å². The van der Waals surface area contributed by atoms with Crippen LogP contribution in [0.4, 0.5) is 0 Å². The molecule has 1 aliphatic carbocycles. The fourth-order valence-corrected chi connectivity index (χ4v) is 2.28. The minimum atomic E-state index is 0.611. The molecule has 0 spiro atoms. The number of rotatable bonds is 5. The Labute approximate surface area is 88.8 Å². The predicted octanol–water partition coefficient (Wildman–Crippen LogP) is 2.01. The maximum atomic E-state index is 3.61. The van der Waals surface area contributed by atoms with Gasteiger partial charge in [0.25, 0.3) is 0 Å². The molecule has 1 unspecified atom stereocenters. The second kappa shape index (κ2) is 6.41. The van der Waals surface area contributed by atoms with E-state index >= 15 is 0 Å². The normalized spacial score (nSPS) is 30.2. The van der Waals surface area contributed by atoms with E-state index in [1.807, 2.05) is 7.05 Å². The summed E-state index contributed by atoms with van der Waals surface area (Å²) < 4.78 is 0. The lowest BCUT2D eigenvalue weighted by Crippen LogP contribution is -2.38. The maximum absolute atomic E-state index is 3.61. The molecular weight excluding hydrogens is 172 g/mol. The third-order valence-corrected chi connectivity index (χ3v) is 3.40. The van der Waals surface area contributed by atoms with E-state index in [4.69, 9.17) is 0 Å². The minimum Gasteiger partial charge on any atom is -0.318 e. The third kappa shape index (κ3) is 4.43. The summed E-state index contributed by atoms with van der Waals surface area (Å²) in [7, 11) is 2.01. The Balaban J connectivity index is 2.06. The van der Waals surface area contributed by atoms with Gasteiger partial charge in [-0.3, -0.25) is 0 Å². The average molecular weight is 198 g/mol. The van der Waals surface area contributed by atoms with Crippen molar-refractivity contribution in [2.24, 2.45) is 11.8 Å². The number of hydrogen-bond donors (Lipinski definition) is 2. The smallest absolute Gasteiger partial charge is 0.0164 e. The van der Waals surface area contributed by atoms with Crippen molar-refractivity contribution in [3.8, 4) is 0 Å². The van der Waals surface area contributed by atoms with E-state index in [9.17, 15) is 0 Å². The first-order valence-electron chi connectivity index (χ1n) is 6.10. The zero-order chi connectivity index (χ0) is 10.4. The lowest BCUT2D eigenvalue weighted by atomic mass is 9.83. The van der Waals surface area contributed by atoms with Crippen LogP contribution >= 0.6 is 0 Å². The highest BCUT2D eigenvalue weighted by molar-refractivity contribution is 4.73. The van der Waals surface area contributed by atoms with Crippen LogP contribution < -0.4 is 10.6 Å². The summed E-state index contributed by atoms with van der Waals surface area (Å²) in [6.07, 6.45) is 5.74. The highest BCUT2D eigenvalue weighted by atomic mass is 15.0. The molecule has 0 aromatic carbocycles. The van der Waals surface area contributed by atoms with Crippen LogP contribution in [0.25, 0.3) is 0 Å². The molecule has 0 aromatic rings. The van der Waals surface area contributed by atoms with Crippen LogP contribution in [0.3, 0.4) is 0 Å². The van der Waals surface area contributed by atoms with E-state index in [1.54, 1.807) is 0 Å². The summed E-state index contributed by atoms with van der Waals surface area (Å²) in [6.45, 7) is 6.92. The molecule has 1 atom stereocenters. The molecule has 0 radical (unpaired) electrons. The Morgan fingerprint density at radius 2 is 1.86 bits per heavy atom. The van der Waals surface area contributed by atoms with Crippen LogP contribution in [-0.2, 0) is 0 Å². The summed E-state index contributed by atoms with van der Waals surface area (Å²) in [5.74, 6) is 1.91. The second-order valence-corrected chi connectivity index (χ2v) is 4.99. The van der Waals surface area contributed by atoms with E-state index in [2.05, 4.69) is 24.5 Å². The first kappa shape index (κ1) is 12.0. The average Bonchev–Trinajstić information content (AvgIpc) is 2.17. The van der Waals surface area contributed by atoms with Crippen LogP contribution in [0.5, 0.6) is 0 Å². The van der Waals surface area contributed by atoms with Crippen molar-refractivity contribution < 1.29 is 0 Å². The van der Waals surface area contributed by atoms with Gasteiger partial charge in [0.05, 0.1) is 0 Å². The van der Waals surface area contributed by atoms with Crippen molar-refractivity contribution in [3.63, 3.8) is 0 Å². The molecular formula is C12H26N2. The van der Waals surface area contributed by atoms with Crippen molar-refractivity contribution in [2.75, 3.05) is 20.1 Å². The van der Waals surface area contributed by atoms with Gasteiger partial charge in [-0.15, -0.1) is 0 Å². The molecule has 2 N–H and O–H groups in total. The Bertz CT molecular complexity index is 139. The highest BCUT2D eigenvalue weighted by Gasteiger charge is 2.18. The van der Waals surface area contributed by atoms with E-state index in [1.165, 1.54) is 32.2 Å². The van der Waals surface area contributed by atoms with E-state index in [-0.39, 0.29) is 0 Å². The Morgan fingerprint density at radius 1 is 1.21 bits per heavy atom. The maximum Gasteiger partial charge on any atom is 0.0164 e. The van der Waals surface area contributed by atoms with E-state index in [0.717, 1.165) is 18.4 Å². The van der Waals surface area contributed by atoms with Crippen LogP contribution in [0.1, 0.15) is 39.5 Å². The van der Waals surface area contributed by atoms with Crippen LogP contribution in [-0.4, -0.2) is 26.2 Å². The zero-order valence-corrected chi connectivity index (χ0v) is 9.97. The molecule has 1 saturated carbocycles. The van der Waals surface area contributed by atoms with Gasteiger partial charge in [0, 0.05) is 12.6 Å². The number of nitrogens with one attached hydrogen (secondary N) is 2. The van der Waals surface area contributed by atoms with Crippen molar-refractivity contribution in [2.45, 2.75) is 45.6 Å². The molecule has 0 heterocycles. The minimum absolute atomic E-state index is 0.611. The van der Waals surface area contributed by atoms with Crippen LogP contribution in [0.15, 0.2) is 0 Å². The van der Waals surface area contributed by atoms with Gasteiger partial charge in [-0.2, -0.15) is 0 Å². The number of likely N-dealkylation sites (N-methyl/N-ethyl adjacent to an activating group) is 1. The summed E-state index contributed by atoms with van der Waals surface area (Å²) in [5.41, 5.74) is 0.